The molecule has 0 amide bonds. The fraction of sp³-hybridized carbons (Fsp3) is 0.941. The van der Waals surface area contributed by atoms with E-state index < -0.39 is 26.5 Å². The van der Waals surface area contributed by atoms with E-state index in [1.807, 2.05) is 21.1 Å². The molecule has 2 atom stereocenters. The van der Waals surface area contributed by atoms with Crippen LogP contribution in [0.3, 0.4) is 0 Å². The first-order valence-electron chi connectivity index (χ1n) is 34.4. The number of hydrogen-bond donors (Lipinski definition) is 1. The van der Waals surface area contributed by atoms with Gasteiger partial charge in [-0.3, -0.25) is 18.6 Å². The van der Waals surface area contributed by atoms with E-state index in [1.165, 1.54) is 283 Å². The van der Waals surface area contributed by atoms with Gasteiger partial charge in [0.2, 0.25) is 0 Å². The molecule has 0 aliphatic heterocycles. The van der Waals surface area contributed by atoms with Gasteiger partial charge in [-0.15, -0.1) is 0 Å². The van der Waals surface area contributed by atoms with Gasteiger partial charge < -0.3 is 18.9 Å². The smallest absolute Gasteiger partial charge is 0.462 e. The third-order valence-corrected chi connectivity index (χ3v) is 16.8. The molecule has 2 unspecified atom stereocenters. The van der Waals surface area contributed by atoms with E-state index >= 15 is 0 Å². The highest BCUT2D eigenvalue weighted by molar-refractivity contribution is 7.47. The van der Waals surface area contributed by atoms with E-state index in [9.17, 15) is 19.0 Å². The van der Waals surface area contributed by atoms with Crippen molar-refractivity contribution in [1.29, 1.82) is 0 Å². The highest BCUT2D eigenvalue weighted by Gasteiger charge is 2.27. The van der Waals surface area contributed by atoms with Crippen molar-refractivity contribution in [1.82, 2.24) is 0 Å². The van der Waals surface area contributed by atoms with Crippen molar-refractivity contribution >= 4 is 19.8 Å². The lowest BCUT2D eigenvalue weighted by atomic mass is 10.0. The Bertz CT molecular complexity index is 1320. The second-order valence-electron chi connectivity index (χ2n) is 24.9. The van der Waals surface area contributed by atoms with Gasteiger partial charge in [0, 0.05) is 12.8 Å². The zero-order valence-electron chi connectivity index (χ0n) is 52.9. The summed E-state index contributed by atoms with van der Waals surface area (Å²) in [6, 6.07) is 0. The second kappa shape index (κ2) is 60.3. The topological polar surface area (TPSA) is 108 Å². The lowest BCUT2D eigenvalue weighted by Gasteiger charge is -2.24. The van der Waals surface area contributed by atoms with Crippen LogP contribution >= 0.6 is 7.82 Å². The Labute approximate surface area is 486 Å². The first kappa shape index (κ1) is 76.8. The quantitative estimate of drug-likeness (QED) is 0.0211. The number of carbonyl (C=O) groups is 2. The monoisotopic (exact) mass is 1120 g/mol. The van der Waals surface area contributed by atoms with Crippen LogP contribution in [-0.4, -0.2) is 74.9 Å². The molecule has 0 spiro atoms. The summed E-state index contributed by atoms with van der Waals surface area (Å²) in [6.07, 6.45) is 73.4. The van der Waals surface area contributed by atoms with Crippen LogP contribution < -0.4 is 0 Å². The summed E-state index contributed by atoms with van der Waals surface area (Å²) in [7, 11) is 1.49. The van der Waals surface area contributed by atoms with Gasteiger partial charge in [0.15, 0.2) is 6.10 Å². The number of rotatable bonds is 65. The SMILES string of the molecule is CCCCCCCC/C=C\CCCCCCCCCC(=O)OC(COC(=O)CCCCCCCCCCCCCCCCCCCCCCCCCCCCCCCCCCCCCCC)COP(=O)(O)OCC[N+](C)(C)C. The Morgan fingerprint density at radius 2 is 0.654 bits per heavy atom. The Morgan fingerprint density at radius 3 is 0.949 bits per heavy atom. The number of hydrogen-bond acceptors (Lipinski definition) is 7. The molecule has 0 fully saturated rings. The Morgan fingerprint density at radius 1 is 0.385 bits per heavy atom. The van der Waals surface area contributed by atoms with Crippen LogP contribution in [0, 0.1) is 0 Å². The molecule has 0 saturated carbocycles. The summed E-state index contributed by atoms with van der Waals surface area (Å²) in [6.45, 7) is 4.49. The number of unbranched alkanes of at least 4 members (excludes halogenated alkanes) is 49. The van der Waals surface area contributed by atoms with Crippen LogP contribution in [0.1, 0.15) is 361 Å². The van der Waals surface area contributed by atoms with Crippen molar-refractivity contribution in [2.75, 3.05) is 47.5 Å². The number of ether oxygens (including phenoxy) is 2. The molecule has 0 aromatic heterocycles. The fourth-order valence-corrected chi connectivity index (χ4v) is 11.2. The molecule has 0 aromatic carbocycles. The van der Waals surface area contributed by atoms with Crippen LogP contribution in [0.5, 0.6) is 0 Å². The number of esters is 2. The van der Waals surface area contributed by atoms with E-state index in [0.29, 0.717) is 23.9 Å². The standard InChI is InChI=1S/C68H134NO8P/c1-6-8-10-12-14-16-18-20-22-24-25-26-27-28-29-30-31-32-33-34-35-36-37-38-39-40-41-42-43-45-46-48-50-52-54-56-58-60-67(70)74-64-66(65-76-78(72,73)75-63-62-69(3,4)5)77-68(71)61-59-57-55-53-51-49-47-44-23-21-19-17-15-13-11-9-7-2/h21,23,66H,6-20,22,24-65H2,1-5H3/p+1/b23-21-. The van der Waals surface area contributed by atoms with Gasteiger partial charge in [-0.1, -0.05) is 321 Å². The molecule has 0 aliphatic carbocycles. The molecule has 78 heavy (non-hydrogen) atoms. The van der Waals surface area contributed by atoms with Crippen LogP contribution in [0.4, 0.5) is 0 Å². The average molecular weight is 1130 g/mol. The van der Waals surface area contributed by atoms with Gasteiger partial charge in [-0.05, 0) is 38.5 Å². The summed E-state index contributed by atoms with van der Waals surface area (Å²) in [5, 5.41) is 0. The molecular formula is C68H135NO8P+. The molecular weight excluding hydrogens is 990 g/mol. The molecule has 464 valence electrons. The number of carbonyl (C=O) groups excluding carboxylic acids is 2. The average Bonchev–Trinajstić information content (AvgIpc) is 3.40. The molecule has 0 heterocycles. The van der Waals surface area contributed by atoms with Crippen LogP contribution in [0.25, 0.3) is 0 Å². The van der Waals surface area contributed by atoms with Gasteiger partial charge in [-0.25, -0.2) is 4.57 Å². The summed E-state index contributed by atoms with van der Waals surface area (Å²) < 4.78 is 34.6. The van der Waals surface area contributed by atoms with E-state index in [0.717, 1.165) is 44.9 Å². The second-order valence-corrected chi connectivity index (χ2v) is 26.4. The predicted molar refractivity (Wildman–Crippen MR) is 335 cm³/mol. The maximum atomic E-state index is 12.8. The van der Waals surface area contributed by atoms with Crippen molar-refractivity contribution in [3.63, 3.8) is 0 Å². The van der Waals surface area contributed by atoms with Crippen molar-refractivity contribution in [3.8, 4) is 0 Å². The minimum Gasteiger partial charge on any atom is -0.462 e. The fourth-order valence-electron chi connectivity index (χ4n) is 10.5. The third-order valence-electron chi connectivity index (χ3n) is 15.8. The molecule has 0 rings (SSSR count). The molecule has 0 radical (unpaired) electrons. The number of phosphoric ester groups is 1. The molecule has 0 aromatic rings. The number of likely N-dealkylation sites (N-methyl/N-ethyl adjacent to an activating group) is 1. The van der Waals surface area contributed by atoms with Crippen LogP contribution in [0.15, 0.2) is 12.2 Å². The summed E-state index contributed by atoms with van der Waals surface area (Å²) >= 11 is 0. The third kappa shape index (κ3) is 63.9. The van der Waals surface area contributed by atoms with E-state index in [2.05, 4.69) is 26.0 Å². The summed E-state index contributed by atoms with van der Waals surface area (Å²) in [4.78, 5) is 35.7. The van der Waals surface area contributed by atoms with Gasteiger partial charge in [0.25, 0.3) is 0 Å². The van der Waals surface area contributed by atoms with Crippen molar-refractivity contribution < 1.29 is 42.1 Å². The lowest BCUT2D eigenvalue weighted by Crippen LogP contribution is -2.37. The highest BCUT2D eigenvalue weighted by Crippen LogP contribution is 2.43. The van der Waals surface area contributed by atoms with Crippen LogP contribution in [0.2, 0.25) is 0 Å². The molecule has 1 N–H and O–H groups in total. The predicted octanol–water partition coefficient (Wildman–Crippen LogP) is 21.9. The minimum absolute atomic E-state index is 0.0346. The highest BCUT2D eigenvalue weighted by atomic mass is 31.2. The minimum atomic E-state index is -4.38. The molecule has 0 aliphatic rings. The van der Waals surface area contributed by atoms with E-state index in [4.69, 9.17) is 18.5 Å². The summed E-state index contributed by atoms with van der Waals surface area (Å²) in [5.41, 5.74) is 0. The Kier molecular flexibility index (Phi) is 59.4. The number of nitrogens with zero attached hydrogens (tertiary/aromatic N) is 1. The van der Waals surface area contributed by atoms with Gasteiger partial charge in [0.1, 0.15) is 19.8 Å². The largest absolute Gasteiger partial charge is 0.472 e. The van der Waals surface area contributed by atoms with E-state index in [1.54, 1.807) is 0 Å². The van der Waals surface area contributed by atoms with Crippen molar-refractivity contribution in [3.05, 3.63) is 12.2 Å². The summed E-state index contributed by atoms with van der Waals surface area (Å²) in [5.74, 6) is -0.782. The van der Waals surface area contributed by atoms with Gasteiger partial charge in [0.05, 0.1) is 27.7 Å². The van der Waals surface area contributed by atoms with Crippen LogP contribution in [-0.2, 0) is 32.7 Å². The maximum absolute atomic E-state index is 12.8. The zero-order chi connectivity index (χ0) is 57.0. The molecule has 10 heteroatoms. The molecule has 9 nitrogen and oxygen atoms in total. The first-order valence-corrected chi connectivity index (χ1v) is 35.9. The number of allylic oxidation sites excluding steroid dienone is 2. The maximum Gasteiger partial charge on any atom is 0.472 e. The van der Waals surface area contributed by atoms with Crippen molar-refractivity contribution in [2.45, 2.75) is 367 Å². The Balaban J connectivity index is 3.87. The number of quaternary nitrogens is 1. The number of phosphoric acid groups is 1. The zero-order valence-corrected chi connectivity index (χ0v) is 53.8. The molecule has 0 bridgehead atoms. The van der Waals surface area contributed by atoms with Crippen molar-refractivity contribution in [2.24, 2.45) is 0 Å². The van der Waals surface area contributed by atoms with E-state index in [-0.39, 0.29) is 25.6 Å². The van der Waals surface area contributed by atoms with Gasteiger partial charge in [-0.2, -0.15) is 0 Å². The lowest BCUT2D eigenvalue weighted by molar-refractivity contribution is -0.870. The molecule has 0 saturated heterocycles. The Hall–Kier alpha value is -1.25. The van der Waals surface area contributed by atoms with Gasteiger partial charge >= 0.3 is 19.8 Å². The normalized spacial score (nSPS) is 13.2. The first-order chi connectivity index (χ1) is 38.0.